The van der Waals surface area contributed by atoms with E-state index in [4.69, 9.17) is 16.2 Å². The number of carbonyl (C=O) groups is 2. The molecule has 1 aliphatic rings. The Hall–Kier alpha value is -2.93. The molecule has 0 saturated heterocycles. The van der Waals surface area contributed by atoms with Gasteiger partial charge in [-0.3, -0.25) is 9.59 Å². The zero-order chi connectivity index (χ0) is 18.7. The fraction of sp³-hybridized carbons (Fsp3) is 0.263. The van der Waals surface area contributed by atoms with Gasteiger partial charge >= 0.3 is 0 Å². The van der Waals surface area contributed by atoms with Crippen LogP contribution in [0.15, 0.2) is 42.5 Å². The Morgan fingerprint density at radius 1 is 1.27 bits per heavy atom. The molecule has 6 nitrogen and oxygen atoms in total. The molecule has 0 fully saturated rings. The fourth-order valence-electron chi connectivity index (χ4n) is 2.97. The van der Waals surface area contributed by atoms with Crippen molar-refractivity contribution in [2.75, 3.05) is 6.61 Å². The van der Waals surface area contributed by atoms with Crippen molar-refractivity contribution in [2.24, 2.45) is 11.5 Å². The van der Waals surface area contributed by atoms with E-state index in [-0.39, 0.29) is 17.7 Å². The van der Waals surface area contributed by atoms with E-state index in [0.717, 1.165) is 11.6 Å². The molecule has 2 amide bonds. The smallest absolute Gasteiger partial charge is 0.255 e. The van der Waals surface area contributed by atoms with Crippen LogP contribution in [0.25, 0.3) is 0 Å². The summed E-state index contributed by atoms with van der Waals surface area (Å²) >= 11 is 0. The number of benzene rings is 2. The largest absolute Gasteiger partial charge is 0.492 e. The summed E-state index contributed by atoms with van der Waals surface area (Å²) in [7, 11) is 0. The predicted octanol–water partition coefficient (Wildman–Crippen LogP) is 1.43. The lowest BCUT2D eigenvalue weighted by molar-refractivity contribution is -0.119. The Morgan fingerprint density at radius 2 is 2.00 bits per heavy atom. The van der Waals surface area contributed by atoms with E-state index in [2.05, 4.69) is 5.32 Å². The molecule has 0 spiro atoms. The molecule has 1 heterocycles. The van der Waals surface area contributed by atoms with Crippen LogP contribution in [0, 0.1) is 5.82 Å². The van der Waals surface area contributed by atoms with Crippen LogP contribution < -0.4 is 21.5 Å². The average Bonchev–Trinajstić information content (AvgIpc) is 2.62. The topological polar surface area (TPSA) is 107 Å². The molecular formula is C19H20FN3O3. The van der Waals surface area contributed by atoms with Crippen molar-refractivity contribution in [3.05, 3.63) is 65.0 Å². The predicted molar refractivity (Wildman–Crippen MR) is 94.0 cm³/mol. The number of hydrogen-bond donors (Lipinski definition) is 3. The van der Waals surface area contributed by atoms with E-state index >= 15 is 0 Å². The van der Waals surface area contributed by atoms with Crippen molar-refractivity contribution in [2.45, 2.75) is 24.9 Å². The quantitative estimate of drug-likeness (QED) is 0.752. The number of hydrogen-bond acceptors (Lipinski definition) is 4. The van der Waals surface area contributed by atoms with Crippen LogP contribution in [-0.4, -0.2) is 24.5 Å². The minimum atomic E-state index is -0.930. The van der Waals surface area contributed by atoms with E-state index in [0.29, 0.717) is 18.6 Å². The maximum absolute atomic E-state index is 13.9. The van der Waals surface area contributed by atoms with Gasteiger partial charge in [-0.15, -0.1) is 0 Å². The molecule has 0 radical (unpaired) electrons. The van der Waals surface area contributed by atoms with Crippen molar-refractivity contribution in [1.82, 2.24) is 5.32 Å². The van der Waals surface area contributed by atoms with Gasteiger partial charge in [0.05, 0.1) is 12.2 Å². The molecule has 2 atom stereocenters. The third-order valence-corrected chi connectivity index (χ3v) is 4.33. The van der Waals surface area contributed by atoms with Gasteiger partial charge < -0.3 is 21.5 Å². The molecule has 0 aliphatic carbocycles. The minimum absolute atomic E-state index is 0.00876. The molecule has 0 unspecified atom stereocenters. The summed E-state index contributed by atoms with van der Waals surface area (Å²) in [5.74, 6) is -1.64. The third-order valence-electron chi connectivity index (χ3n) is 4.33. The Labute approximate surface area is 150 Å². The zero-order valence-corrected chi connectivity index (χ0v) is 14.1. The Bertz CT molecular complexity index is 826. The normalized spacial score (nSPS) is 16.9. The molecule has 5 N–H and O–H groups in total. The Kier molecular flexibility index (Phi) is 5.18. The highest BCUT2D eigenvalue weighted by molar-refractivity contribution is 6.00. The van der Waals surface area contributed by atoms with Gasteiger partial charge in [0.15, 0.2) is 0 Å². The summed E-state index contributed by atoms with van der Waals surface area (Å²) in [5, 5.41) is 2.57. The average molecular weight is 357 g/mol. The number of fused-ring (bicyclic) bond motifs is 1. The van der Waals surface area contributed by atoms with Gasteiger partial charge in [0.2, 0.25) is 5.91 Å². The minimum Gasteiger partial charge on any atom is -0.492 e. The Balaban J connectivity index is 1.85. The van der Waals surface area contributed by atoms with Crippen LogP contribution in [0.4, 0.5) is 4.39 Å². The summed E-state index contributed by atoms with van der Waals surface area (Å²) in [5.41, 5.74) is 12.7. The van der Waals surface area contributed by atoms with Crippen LogP contribution in [0.1, 0.15) is 33.9 Å². The molecule has 136 valence electrons. The van der Waals surface area contributed by atoms with Gasteiger partial charge in [0, 0.05) is 24.4 Å². The molecule has 0 saturated carbocycles. The van der Waals surface area contributed by atoms with Gasteiger partial charge in [-0.2, -0.15) is 0 Å². The summed E-state index contributed by atoms with van der Waals surface area (Å²) < 4.78 is 19.5. The van der Waals surface area contributed by atoms with Gasteiger partial charge in [-0.1, -0.05) is 30.3 Å². The maximum atomic E-state index is 13.9. The molecule has 2 aromatic rings. The number of halogens is 1. The molecule has 0 aromatic heterocycles. The number of rotatable bonds is 5. The first-order chi connectivity index (χ1) is 12.5. The van der Waals surface area contributed by atoms with Gasteiger partial charge in [0.25, 0.3) is 5.91 Å². The number of ether oxygens (including phenoxy) is 1. The highest BCUT2D eigenvalue weighted by Crippen LogP contribution is 2.34. The summed E-state index contributed by atoms with van der Waals surface area (Å²) in [6.45, 7) is 0.337. The first-order valence-electron chi connectivity index (χ1n) is 8.31. The molecular weight excluding hydrogens is 337 g/mol. The lowest BCUT2D eigenvalue weighted by atomic mass is 9.97. The fourth-order valence-corrected chi connectivity index (χ4v) is 2.97. The van der Waals surface area contributed by atoms with Crippen molar-refractivity contribution < 1.29 is 18.7 Å². The highest BCUT2D eigenvalue weighted by atomic mass is 19.1. The second-order valence-electron chi connectivity index (χ2n) is 6.23. The van der Waals surface area contributed by atoms with Crippen LogP contribution in [0.3, 0.4) is 0 Å². The number of nitrogens with one attached hydrogen (secondary N) is 1. The summed E-state index contributed by atoms with van der Waals surface area (Å²) in [6, 6.07) is 10.2. The van der Waals surface area contributed by atoms with Crippen LogP contribution in [0.2, 0.25) is 0 Å². The third kappa shape index (κ3) is 3.83. The van der Waals surface area contributed by atoms with Gasteiger partial charge in [0.1, 0.15) is 17.6 Å². The molecule has 26 heavy (non-hydrogen) atoms. The van der Waals surface area contributed by atoms with Crippen LogP contribution in [-0.2, 0) is 11.2 Å². The van der Waals surface area contributed by atoms with Crippen molar-refractivity contribution >= 4 is 11.8 Å². The summed E-state index contributed by atoms with van der Waals surface area (Å²) in [4.78, 5) is 24.4. The van der Waals surface area contributed by atoms with Gasteiger partial charge in [-0.25, -0.2) is 4.39 Å². The van der Waals surface area contributed by atoms with Crippen molar-refractivity contribution in [3.8, 4) is 5.75 Å². The highest BCUT2D eigenvalue weighted by Gasteiger charge is 2.27. The van der Waals surface area contributed by atoms with Crippen molar-refractivity contribution in [1.29, 1.82) is 0 Å². The lowest BCUT2D eigenvalue weighted by Gasteiger charge is -2.25. The van der Waals surface area contributed by atoms with Crippen LogP contribution >= 0.6 is 0 Å². The van der Waals surface area contributed by atoms with Crippen molar-refractivity contribution in [3.63, 3.8) is 0 Å². The molecule has 0 bridgehead atoms. The number of primary amides is 1. The van der Waals surface area contributed by atoms with Crippen LogP contribution in [0.5, 0.6) is 5.75 Å². The molecule has 1 aliphatic heterocycles. The van der Waals surface area contributed by atoms with Gasteiger partial charge in [-0.05, 0) is 17.7 Å². The lowest BCUT2D eigenvalue weighted by Crippen LogP contribution is -2.46. The maximum Gasteiger partial charge on any atom is 0.255 e. The SMILES string of the molecule is NC(=O)[C@H](Cc1ccccc1)NC(=O)c1cc(F)cc2c1OCC[C@@H]2N. The number of amides is 2. The second-order valence-corrected chi connectivity index (χ2v) is 6.23. The number of nitrogens with two attached hydrogens (primary N) is 2. The first kappa shape index (κ1) is 17.9. The van der Waals surface area contributed by atoms with E-state index in [1.807, 2.05) is 30.3 Å². The number of carbonyl (C=O) groups excluding carboxylic acids is 2. The van der Waals surface area contributed by atoms with E-state index in [1.165, 1.54) is 6.07 Å². The summed E-state index contributed by atoms with van der Waals surface area (Å²) in [6.07, 6.45) is 0.773. The molecule has 2 aromatic carbocycles. The van der Waals surface area contributed by atoms with E-state index in [1.54, 1.807) is 0 Å². The monoisotopic (exact) mass is 357 g/mol. The second kappa shape index (κ2) is 7.53. The standard InChI is InChI=1S/C19H20FN3O3/c20-12-9-13-15(21)6-7-26-17(13)14(10-12)19(25)23-16(18(22)24)8-11-4-2-1-3-5-11/h1-5,9-10,15-16H,6-8,21H2,(H2,22,24)(H,23,25)/t15-,16-/m0/s1. The Morgan fingerprint density at radius 3 is 2.69 bits per heavy atom. The van der Waals surface area contributed by atoms with E-state index in [9.17, 15) is 14.0 Å². The molecule has 3 rings (SSSR count). The van der Waals surface area contributed by atoms with E-state index < -0.39 is 29.7 Å². The first-order valence-corrected chi connectivity index (χ1v) is 8.31. The molecule has 7 heteroatoms. The zero-order valence-electron chi connectivity index (χ0n) is 14.1.